The molecule has 3 unspecified atom stereocenters. The molecule has 0 amide bonds. The number of halogens is 1. The summed E-state index contributed by atoms with van der Waals surface area (Å²) in [4.78, 5) is 7.09. The van der Waals surface area contributed by atoms with Gasteiger partial charge in [-0.2, -0.15) is 0 Å². The van der Waals surface area contributed by atoms with Crippen molar-refractivity contribution in [2.45, 2.75) is 50.7 Å². The SMILES string of the molecule is CC(C)(C)c1ccc2c(c1)/C(=C/CCN1CCC(O)(c3ccc(Cl)cc3)C1)C1C=CC=NC1CO2. The number of allylic oxidation sites excluding steroid dienone is 1. The minimum Gasteiger partial charge on any atom is -0.491 e. The monoisotopic (exact) mass is 490 g/mol. The van der Waals surface area contributed by atoms with Gasteiger partial charge in [0.25, 0.3) is 0 Å². The maximum atomic E-state index is 11.3. The van der Waals surface area contributed by atoms with Crippen LogP contribution in [0.2, 0.25) is 5.02 Å². The normalized spacial score (nSPS) is 27.4. The molecule has 35 heavy (non-hydrogen) atoms. The van der Waals surface area contributed by atoms with Crippen LogP contribution in [0.4, 0.5) is 0 Å². The summed E-state index contributed by atoms with van der Waals surface area (Å²) in [7, 11) is 0. The third-order valence-corrected chi connectivity index (χ3v) is 7.79. The van der Waals surface area contributed by atoms with Crippen LogP contribution in [0.3, 0.4) is 0 Å². The number of hydrogen-bond donors (Lipinski definition) is 1. The maximum Gasteiger partial charge on any atom is 0.126 e. The molecular formula is C30H35ClN2O2. The van der Waals surface area contributed by atoms with E-state index in [2.05, 4.69) is 62.1 Å². The van der Waals surface area contributed by atoms with Crippen LogP contribution in [0, 0.1) is 5.92 Å². The van der Waals surface area contributed by atoms with Crippen molar-refractivity contribution >= 4 is 23.4 Å². The molecule has 3 aliphatic heterocycles. The Balaban J connectivity index is 1.37. The van der Waals surface area contributed by atoms with E-state index in [4.69, 9.17) is 21.3 Å². The zero-order valence-electron chi connectivity index (χ0n) is 20.9. The fourth-order valence-corrected chi connectivity index (χ4v) is 5.54. The van der Waals surface area contributed by atoms with Crippen LogP contribution in [0.5, 0.6) is 5.75 Å². The molecule has 0 spiro atoms. The molecule has 1 saturated heterocycles. The Bertz CT molecular complexity index is 1160. The van der Waals surface area contributed by atoms with E-state index >= 15 is 0 Å². The van der Waals surface area contributed by atoms with Crippen molar-refractivity contribution in [1.29, 1.82) is 0 Å². The van der Waals surface area contributed by atoms with Crippen molar-refractivity contribution in [2.24, 2.45) is 10.9 Å². The van der Waals surface area contributed by atoms with Crippen molar-refractivity contribution < 1.29 is 9.84 Å². The smallest absolute Gasteiger partial charge is 0.126 e. The van der Waals surface area contributed by atoms with Crippen LogP contribution in [0.25, 0.3) is 5.57 Å². The van der Waals surface area contributed by atoms with Gasteiger partial charge in [-0.15, -0.1) is 0 Å². The van der Waals surface area contributed by atoms with Crippen molar-refractivity contribution in [1.82, 2.24) is 4.90 Å². The fourth-order valence-electron chi connectivity index (χ4n) is 5.42. The molecule has 184 valence electrons. The van der Waals surface area contributed by atoms with E-state index < -0.39 is 5.60 Å². The van der Waals surface area contributed by atoms with Gasteiger partial charge in [-0.05, 0) is 65.3 Å². The average molecular weight is 491 g/mol. The summed E-state index contributed by atoms with van der Waals surface area (Å²) in [5, 5.41) is 12.0. The molecule has 3 atom stereocenters. The van der Waals surface area contributed by atoms with E-state index in [1.165, 1.54) is 16.7 Å². The van der Waals surface area contributed by atoms with Crippen LogP contribution in [0.15, 0.2) is 65.7 Å². The number of rotatable bonds is 4. The Morgan fingerprint density at radius 1 is 1.20 bits per heavy atom. The maximum absolute atomic E-state index is 11.3. The van der Waals surface area contributed by atoms with Gasteiger partial charge in [0, 0.05) is 42.4 Å². The van der Waals surface area contributed by atoms with Gasteiger partial charge in [0.1, 0.15) is 18.0 Å². The number of nitrogens with zero attached hydrogens (tertiary/aromatic N) is 2. The second kappa shape index (κ2) is 9.57. The molecule has 0 radical (unpaired) electrons. The lowest BCUT2D eigenvalue weighted by Gasteiger charge is -2.25. The Kier molecular flexibility index (Phi) is 6.65. The lowest BCUT2D eigenvalue weighted by molar-refractivity contribution is 0.0463. The summed E-state index contributed by atoms with van der Waals surface area (Å²) >= 11 is 6.04. The summed E-state index contributed by atoms with van der Waals surface area (Å²) in [6.07, 6.45) is 10.2. The number of benzene rings is 2. The van der Waals surface area contributed by atoms with Gasteiger partial charge < -0.3 is 9.84 Å². The predicted octanol–water partition coefficient (Wildman–Crippen LogP) is 6.02. The number of aliphatic hydroxyl groups is 1. The minimum atomic E-state index is -0.811. The molecule has 2 aromatic carbocycles. The lowest BCUT2D eigenvalue weighted by Crippen LogP contribution is -2.31. The largest absolute Gasteiger partial charge is 0.491 e. The second-order valence-corrected chi connectivity index (χ2v) is 11.5. The molecule has 2 aromatic rings. The molecule has 1 fully saturated rings. The summed E-state index contributed by atoms with van der Waals surface area (Å²) in [5.41, 5.74) is 3.99. The second-order valence-electron chi connectivity index (χ2n) is 11.1. The predicted molar refractivity (Wildman–Crippen MR) is 145 cm³/mol. The van der Waals surface area contributed by atoms with E-state index in [0.29, 0.717) is 18.2 Å². The van der Waals surface area contributed by atoms with Gasteiger partial charge >= 0.3 is 0 Å². The zero-order chi connectivity index (χ0) is 24.6. The number of ether oxygens (including phenoxy) is 1. The lowest BCUT2D eigenvalue weighted by atomic mass is 9.81. The number of aliphatic imine (C=N–C) groups is 1. The van der Waals surface area contributed by atoms with E-state index in [-0.39, 0.29) is 17.4 Å². The van der Waals surface area contributed by atoms with Gasteiger partial charge in [-0.1, -0.05) is 62.7 Å². The third-order valence-electron chi connectivity index (χ3n) is 7.54. The molecular weight excluding hydrogens is 456 g/mol. The van der Waals surface area contributed by atoms with E-state index in [1.54, 1.807) is 0 Å². The fraction of sp³-hybridized carbons (Fsp3) is 0.433. The molecule has 1 N–H and O–H groups in total. The Morgan fingerprint density at radius 2 is 2.00 bits per heavy atom. The quantitative estimate of drug-likeness (QED) is 0.569. The Hall–Kier alpha value is -2.40. The van der Waals surface area contributed by atoms with Crippen LogP contribution in [-0.2, 0) is 11.0 Å². The molecule has 0 bridgehead atoms. The molecule has 4 nitrogen and oxygen atoms in total. The number of likely N-dealkylation sites (tertiary alicyclic amines) is 1. The summed E-state index contributed by atoms with van der Waals surface area (Å²) in [6, 6.07) is 14.3. The minimum absolute atomic E-state index is 0.0636. The molecule has 3 heterocycles. The average Bonchev–Trinajstić information content (AvgIpc) is 3.14. The standard InChI is InChI=1S/C30H35ClN2O2/c1-29(2,3)22-10-13-28-26(18-22)24(25-6-4-15-32-27(25)19-35-28)7-5-16-33-17-14-30(34,20-33)21-8-11-23(31)12-9-21/h4,6-13,15,18,25,27,34H,5,14,16-17,19-20H2,1-3H3/b24-7+. The molecule has 0 aromatic heterocycles. The number of β-amino-alcohol motifs (C(OH)–C–C–N with tert-alkyl or cyclic N) is 1. The topological polar surface area (TPSA) is 45.1 Å². The number of fused-ring (bicyclic) bond motifs is 2. The van der Waals surface area contributed by atoms with Crippen molar-refractivity contribution in [3.63, 3.8) is 0 Å². The first kappa shape index (κ1) is 24.3. The summed E-state index contributed by atoms with van der Waals surface area (Å²) in [5.74, 6) is 1.15. The molecule has 5 rings (SSSR count). The highest BCUT2D eigenvalue weighted by Gasteiger charge is 2.37. The Morgan fingerprint density at radius 3 is 2.77 bits per heavy atom. The van der Waals surface area contributed by atoms with Gasteiger partial charge in [-0.25, -0.2) is 0 Å². The Labute approximate surface area is 214 Å². The van der Waals surface area contributed by atoms with E-state index in [1.807, 2.05) is 30.5 Å². The number of dihydropyridines is 1. The highest BCUT2D eigenvalue weighted by Crippen LogP contribution is 2.41. The van der Waals surface area contributed by atoms with Gasteiger partial charge in [0.15, 0.2) is 0 Å². The van der Waals surface area contributed by atoms with Crippen LogP contribution >= 0.6 is 11.6 Å². The van der Waals surface area contributed by atoms with Crippen LogP contribution in [0.1, 0.15) is 50.3 Å². The summed E-state index contributed by atoms with van der Waals surface area (Å²) in [6.45, 7) is 9.76. The van der Waals surface area contributed by atoms with E-state index in [0.717, 1.165) is 37.2 Å². The van der Waals surface area contributed by atoms with Gasteiger partial charge in [0.05, 0.1) is 6.04 Å². The molecule has 0 aliphatic carbocycles. The first-order chi connectivity index (χ1) is 16.7. The molecule has 5 heteroatoms. The zero-order valence-corrected chi connectivity index (χ0v) is 21.6. The van der Waals surface area contributed by atoms with Gasteiger partial charge in [-0.3, -0.25) is 9.89 Å². The first-order valence-corrected chi connectivity index (χ1v) is 13.0. The number of hydrogen-bond acceptors (Lipinski definition) is 4. The van der Waals surface area contributed by atoms with Crippen molar-refractivity contribution in [3.05, 3.63) is 82.4 Å². The first-order valence-electron chi connectivity index (χ1n) is 12.6. The molecule has 3 aliphatic rings. The van der Waals surface area contributed by atoms with Crippen LogP contribution in [-0.4, -0.2) is 48.5 Å². The highest BCUT2D eigenvalue weighted by atomic mass is 35.5. The molecule has 0 saturated carbocycles. The third kappa shape index (κ3) is 5.11. The van der Waals surface area contributed by atoms with Crippen molar-refractivity contribution in [2.75, 3.05) is 26.2 Å². The van der Waals surface area contributed by atoms with Crippen LogP contribution < -0.4 is 4.74 Å². The highest BCUT2D eigenvalue weighted by molar-refractivity contribution is 6.30. The van der Waals surface area contributed by atoms with Crippen molar-refractivity contribution in [3.8, 4) is 5.75 Å². The van der Waals surface area contributed by atoms with E-state index in [9.17, 15) is 5.11 Å². The van der Waals surface area contributed by atoms with Gasteiger partial charge in [0.2, 0.25) is 0 Å². The summed E-state index contributed by atoms with van der Waals surface area (Å²) < 4.78 is 6.24.